The Balaban J connectivity index is 2.06. The topological polar surface area (TPSA) is 90.3 Å². The van der Waals surface area contributed by atoms with Gasteiger partial charge in [0.05, 0.1) is 29.1 Å². The van der Waals surface area contributed by atoms with Gasteiger partial charge in [0.1, 0.15) is 11.8 Å². The van der Waals surface area contributed by atoms with Crippen LogP contribution in [0, 0.1) is 18.3 Å². The Bertz CT molecular complexity index is 1190. The number of fused-ring (bicyclic) bond motifs is 1. The van der Waals surface area contributed by atoms with E-state index >= 15 is 0 Å². The van der Waals surface area contributed by atoms with E-state index < -0.39 is 0 Å². The molecule has 0 aliphatic carbocycles. The minimum atomic E-state index is -0.259. The van der Waals surface area contributed by atoms with Crippen molar-refractivity contribution in [2.24, 2.45) is 0 Å². The van der Waals surface area contributed by atoms with Crippen molar-refractivity contribution in [3.8, 4) is 11.8 Å². The Morgan fingerprint density at radius 1 is 1.28 bits per heavy atom. The summed E-state index contributed by atoms with van der Waals surface area (Å²) >= 11 is 0. The van der Waals surface area contributed by atoms with Crippen LogP contribution in [0.25, 0.3) is 10.9 Å². The number of aromatic nitrogens is 1. The van der Waals surface area contributed by atoms with Crippen LogP contribution in [0.3, 0.4) is 0 Å². The van der Waals surface area contributed by atoms with Gasteiger partial charge in [0.15, 0.2) is 0 Å². The number of nitrogens with one attached hydrogen (secondary N) is 2. The number of carbonyl (C=O) groups is 1. The molecule has 7 heteroatoms. The van der Waals surface area contributed by atoms with E-state index in [1.165, 1.54) is 6.08 Å². The third-order valence-corrected chi connectivity index (χ3v) is 4.67. The van der Waals surface area contributed by atoms with E-state index in [2.05, 4.69) is 21.7 Å². The first-order valence-electron chi connectivity index (χ1n) is 10.4. The average Bonchev–Trinajstić information content (AvgIpc) is 2.74. The SMILES string of the molecule is CCOc1cc2ncc(C#N)c(Nc3cccc(C)c3)c2cc1NC(=O)/C=C/CN(C)C. The second kappa shape index (κ2) is 10.4. The van der Waals surface area contributed by atoms with Gasteiger partial charge in [0, 0.05) is 36.0 Å². The number of hydrogen-bond donors (Lipinski definition) is 2. The van der Waals surface area contributed by atoms with Crippen LogP contribution in [0.2, 0.25) is 0 Å². The summed E-state index contributed by atoms with van der Waals surface area (Å²) in [5.41, 5.74) is 4.17. The number of aryl methyl sites for hydroxylation is 1. The average molecular weight is 430 g/mol. The summed E-state index contributed by atoms with van der Waals surface area (Å²) in [6, 6.07) is 13.7. The molecule has 2 N–H and O–H groups in total. The molecule has 0 unspecified atom stereocenters. The molecule has 164 valence electrons. The third-order valence-electron chi connectivity index (χ3n) is 4.67. The zero-order valence-corrected chi connectivity index (χ0v) is 18.8. The van der Waals surface area contributed by atoms with Gasteiger partial charge in [-0.15, -0.1) is 0 Å². The quantitative estimate of drug-likeness (QED) is 0.508. The summed E-state index contributed by atoms with van der Waals surface area (Å²) in [6.07, 6.45) is 4.82. The number of nitriles is 1. The number of hydrogen-bond acceptors (Lipinski definition) is 6. The number of anilines is 3. The first-order chi connectivity index (χ1) is 15.4. The Hall–Kier alpha value is -3.89. The smallest absolute Gasteiger partial charge is 0.248 e. The fraction of sp³-hybridized carbons (Fsp3) is 0.240. The lowest BCUT2D eigenvalue weighted by molar-refractivity contribution is -0.111. The molecule has 0 radical (unpaired) electrons. The summed E-state index contributed by atoms with van der Waals surface area (Å²) in [4.78, 5) is 18.9. The number of amides is 1. The van der Waals surface area contributed by atoms with Crippen LogP contribution in [0.1, 0.15) is 18.1 Å². The highest BCUT2D eigenvalue weighted by molar-refractivity contribution is 6.04. The van der Waals surface area contributed by atoms with Gasteiger partial charge in [-0.2, -0.15) is 5.26 Å². The lowest BCUT2D eigenvalue weighted by Crippen LogP contribution is -2.13. The van der Waals surface area contributed by atoms with E-state index in [9.17, 15) is 10.1 Å². The number of rotatable bonds is 8. The Kier molecular flexibility index (Phi) is 7.42. The maximum absolute atomic E-state index is 12.5. The third kappa shape index (κ3) is 5.62. The van der Waals surface area contributed by atoms with E-state index in [-0.39, 0.29) is 5.91 Å². The number of pyridine rings is 1. The van der Waals surface area contributed by atoms with Crippen LogP contribution >= 0.6 is 0 Å². The van der Waals surface area contributed by atoms with Gasteiger partial charge in [0.2, 0.25) is 5.91 Å². The van der Waals surface area contributed by atoms with E-state index in [0.717, 1.165) is 11.3 Å². The molecule has 0 bridgehead atoms. The fourth-order valence-corrected chi connectivity index (χ4v) is 3.22. The van der Waals surface area contributed by atoms with Gasteiger partial charge in [-0.05, 0) is 51.7 Å². The molecule has 7 nitrogen and oxygen atoms in total. The number of likely N-dealkylation sites (N-methyl/N-ethyl adjacent to an activating group) is 1. The van der Waals surface area contributed by atoms with Gasteiger partial charge in [0.25, 0.3) is 0 Å². The molecule has 3 rings (SSSR count). The predicted molar refractivity (Wildman–Crippen MR) is 128 cm³/mol. The van der Waals surface area contributed by atoms with E-state index in [0.29, 0.717) is 46.7 Å². The molecular weight excluding hydrogens is 402 g/mol. The molecule has 1 aromatic heterocycles. The maximum atomic E-state index is 12.5. The van der Waals surface area contributed by atoms with Crippen LogP contribution in [0.15, 0.2) is 54.7 Å². The molecule has 0 saturated heterocycles. The fourth-order valence-electron chi connectivity index (χ4n) is 3.22. The van der Waals surface area contributed by atoms with Gasteiger partial charge in [-0.3, -0.25) is 9.78 Å². The molecule has 0 atom stereocenters. The van der Waals surface area contributed by atoms with Crippen molar-refractivity contribution in [1.29, 1.82) is 5.26 Å². The molecular formula is C25H27N5O2. The highest BCUT2D eigenvalue weighted by atomic mass is 16.5. The minimum Gasteiger partial charge on any atom is -0.492 e. The Labute approximate surface area is 188 Å². The first kappa shape index (κ1) is 22.8. The zero-order chi connectivity index (χ0) is 23.1. The first-order valence-corrected chi connectivity index (χ1v) is 10.4. The standard InChI is InChI=1S/C25H27N5O2/c1-5-32-23-14-21-20(13-22(23)29-24(31)10-7-11-30(3)4)25(18(15-26)16-27-21)28-19-9-6-8-17(2)12-19/h6-10,12-14,16H,5,11H2,1-4H3,(H,27,28)(H,29,31)/b10-7+. The molecule has 0 aliphatic rings. The van der Waals surface area contributed by atoms with E-state index in [1.54, 1.807) is 24.4 Å². The minimum absolute atomic E-state index is 0.259. The van der Waals surface area contributed by atoms with Gasteiger partial charge >= 0.3 is 0 Å². The van der Waals surface area contributed by atoms with Crippen LogP contribution in [-0.2, 0) is 4.79 Å². The van der Waals surface area contributed by atoms with Crippen LogP contribution in [-0.4, -0.2) is 43.0 Å². The molecule has 2 aromatic carbocycles. The Morgan fingerprint density at radius 2 is 2.09 bits per heavy atom. The second-order valence-electron chi connectivity index (χ2n) is 7.61. The molecule has 3 aromatic rings. The molecule has 0 aliphatic heterocycles. The van der Waals surface area contributed by atoms with Crippen molar-refractivity contribution >= 4 is 33.9 Å². The van der Waals surface area contributed by atoms with Crippen molar-refractivity contribution in [2.45, 2.75) is 13.8 Å². The van der Waals surface area contributed by atoms with Gasteiger partial charge in [-0.25, -0.2) is 0 Å². The van der Waals surface area contributed by atoms with Crippen molar-refractivity contribution in [1.82, 2.24) is 9.88 Å². The number of carbonyl (C=O) groups excluding carboxylic acids is 1. The molecule has 1 heterocycles. The highest BCUT2D eigenvalue weighted by Gasteiger charge is 2.15. The molecule has 0 saturated carbocycles. The largest absolute Gasteiger partial charge is 0.492 e. The highest BCUT2D eigenvalue weighted by Crippen LogP contribution is 2.36. The second-order valence-corrected chi connectivity index (χ2v) is 7.61. The normalized spacial score (nSPS) is 11.0. The van der Waals surface area contributed by atoms with Crippen molar-refractivity contribution in [3.05, 3.63) is 65.9 Å². The molecule has 32 heavy (non-hydrogen) atoms. The van der Waals surface area contributed by atoms with Crippen molar-refractivity contribution in [3.63, 3.8) is 0 Å². The maximum Gasteiger partial charge on any atom is 0.248 e. The van der Waals surface area contributed by atoms with E-state index in [1.807, 2.05) is 57.1 Å². The number of ether oxygens (including phenoxy) is 1. The van der Waals surface area contributed by atoms with Crippen LogP contribution < -0.4 is 15.4 Å². The summed E-state index contributed by atoms with van der Waals surface area (Å²) < 4.78 is 5.75. The van der Waals surface area contributed by atoms with Crippen molar-refractivity contribution < 1.29 is 9.53 Å². The van der Waals surface area contributed by atoms with Gasteiger partial charge in [-0.1, -0.05) is 18.2 Å². The molecule has 0 fully saturated rings. The van der Waals surface area contributed by atoms with Crippen molar-refractivity contribution in [2.75, 3.05) is 37.9 Å². The zero-order valence-electron chi connectivity index (χ0n) is 18.8. The monoisotopic (exact) mass is 429 g/mol. The lowest BCUT2D eigenvalue weighted by atomic mass is 10.1. The summed E-state index contributed by atoms with van der Waals surface area (Å²) in [6.45, 7) is 4.98. The summed E-state index contributed by atoms with van der Waals surface area (Å²) in [5, 5.41) is 16.6. The molecule has 0 spiro atoms. The summed E-state index contributed by atoms with van der Waals surface area (Å²) in [7, 11) is 3.86. The van der Waals surface area contributed by atoms with E-state index in [4.69, 9.17) is 4.74 Å². The Morgan fingerprint density at radius 3 is 2.78 bits per heavy atom. The van der Waals surface area contributed by atoms with Gasteiger partial charge < -0.3 is 20.3 Å². The summed E-state index contributed by atoms with van der Waals surface area (Å²) in [5.74, 6) is 0.262. The predicted octanol–water partition coefficient (Wildman–Crippen LogP) is 4.61. The lowest BCUT2D eigenvalue weighted by Gasteiger charge is -2.16. The van der Waals surface area contributed by atoms with Crippen LogP contribution in [0.5, 0.6) is 5.75 Å². The van der Waals surface area contributed by atoms with Crippen LogP contribution in [0.4, 0.5) is 17.1 Å². The molecule has 1 amide bonds. The number of nitrogens with zero attached hydrogens (tertiary/aromatic N) is 3. The number of benzene rings is 2.